The molecule has 0 saturated heterocycles. The van der Waals surface area contributed by atoms with Crippen molar-refractivity contribution in [2.75, 3.05) is 7.11 Å². The van der Waals surface area contributed by atoms with Crippen molar-refractivity contribution >= 4 is 23.4 Å². The van der Waals surface area contributed by atoms with E-state index < -0.39 is 0 Å². The van der Waals surface area contributed by atoms with Crippen LogP contribution >= 0.6 is 0 Å². The Morgan fingerprint density at radius 2 is 1.93 bits per heavy atom. The van der Waals surface area contributed by atoms with Crippen molar-refractivity contribution < 1.29 is 4.74 Å². The third-order valence-corrected chi connectivity index (χ3v) is 1.91. The number of hydrogen-bond donors (Lipinski definition) is 0. The van der Waals surface area contributed by atoms with Gasteiger partial charge in [-0.15, -0.1) is 0 Å². The van der Waals surface area contributed by atoms with E-state index in [1.165, 1.54) is 0 Å². The molecular weight excluding hydrogens is 178 g/mol. The first-order valence-electron chi connectivity index (χ1n) is 4.10. The number of methoxy groups -OCH3 is 1. The van der Waals surface area contributed by atoms with Crippen molar-refractivity contribution in [2.45, 2.75) is 0 Å². The van der Waals surface area contributed by atoms with Gasteiger partial charge in [0.25, 0.3) is 0 Å². The summed E-state index contributed by atoms with van der Waals surface area (Å²) in [6, 6.07) is 3.66. The molecule has 70 valence electrons. The highest BCUT2D eigenvalue weighted by Crippen LogP contribution is 2.19. The molecule has 14 heavy (non-hydrogen) atoms. The number of ether oxygens (including phenoxy) is 1. The maximum atomic E-state index is 5.04. The zero-order valence-corrected chi connectivity index (χ0v) is 7.77. The summed E-state index contributed by atoms with van der Waals surface area (Å²) < 4.78 is 5.04. The summed E-state index contributed by atoms with van der Waals surface area (Å²) in [6.07, 6.45) is 3.30. The molecule has 2 aromatic heterocycles. The molecule has 0 amide bonds. The topological polar surface area (TPSA) is 47.4 Å². The molecule has 0 N–H and O–H groups in total. The summed E-state index contributed by atoms with van der Waals surface area (Å²) in [7, 11) is 1.60. The maximum Gasteiger partial charge on any atom is 0.139 e. The summed E-state index contributed by atoms with van der Waals surface area (Å²) >= 11 is 0. The predicted molar refractivity (Wildman–Crippen MR) is 55.3 cm³/mol. The number of pyridine rings is 2. The lowest BCUT2D eigenvalue weighted by Crippen LogP contribution is -1.87. The first-order valence-corrected chi connectivity index (χ1v) is 4.10. The average Bonchev–Trinajstić information content (AvgIpc) is 2.27. The number of rotatable bonds is 2. The van der Waals surface area contributed by atoms with Crippen LogP contribution < -0.4 is 4.74 Å². The van der Waals surface area contributed by atoms with Crippen molar-refractivity contribution in [3.8, 4) is 5.75 Å². The first-order chi connectivity index (χ1) is 6.83. The summed E-state index contributed by atoms with van der Waals surface area (Å²) in [6.45, 7) is 3.43. The molecule has 0 unspecified atom stereocenters. The van der Waals surface area contributed by atoms with Gasteiger partial charge in [0.05, 0.1) is 36.2 Å². The molecule has 0 aliphatic carbocycles. The molecule has 4 heteroatoms. The van der Waals surface area contributed by atoms with Crippen LogP contribution in [0.1, 0.15) is 0 Å². The highest BCUT2D eigenvalue weighted by molar-refractivity contribution is 5.78. The van der Waals surface area contributed by atoms with E-state index in [1.807, 2.05) is 12.1 Å². The van der Waals surface area contributed by atoms with Gasteiger partial charge < -0.3 is 4.74 Å². The quantitative estimate of drug-likeness (QED) is 0.675. The summed E-state index contributed by atoms with van der Waals surface area (Å²) in [4.78, 5) is 12.1. The molecule has 2 heterocycles. The van der Waals surface area contributed by atoms with Crippen LogP contribution in [0, 0.1) is 0 Å². The second kappa shape index (κ2) is 3.41. The van der Waals surface area contributed by atoms with E-state index in [0.717, 1.165) is 16.7 Å². The summed E-state index contributed by atoms with van der Waals surface area (Å²) in [5.41, 5.74) is 2.29. The average molecular weight is 187 g/mol. The largest absolute Gasteiger partial charge is 0.495 e. The Morgan fingerprint density at radius 3 is 2.64 bits per heavy atom. The van der Waals surface area contributed by atoms with E-state index >= 15 is 0 Å². The zero-order valence-electron chi connectivity index (χ0n) is 7.77. The monoisotopic (exact) mass is 187 g/mol. The van der Waals surface area contributed by atoms with Crippen LogP contribution in [-0.4, -0.2) is 23.8 Å². The van der Waals surface area contributed by atoms with Gasteiger partial charge in [-0.2, -0.15) is 0 Å². The molecule has 0 bridgehead atoms. The number of hydrogen-bond acceptors (Lipinski definition) is 4. The lowest BCUT2D eigenvalue weighted by Gasteiger charge is -2.01. The minimum atomic E-state index is 0.698. The van der Waals surface area contributed by atoms with Crippen LogP contribution in [-0.2, 0) is 0 Å². The second-order valence-corrected chi connectivity index (χ2v) is 2.77. The van der Waals surface area contributed by atoms with Crippen molar-refractivity contribution in [2.24, 2.45) is 4.99 Å². The highest BCUT2D eigenvalue weighted by Gasteiger charge is 1.99. The molecular formula is C10H9N3O. The minimum absolute atomic E-state index is 0.698. The normalized spacial score (nSPS) is 10.1. The van der Waals surface area contributed by atoms with Crippen LogP contribution in [0.25, 0.3) is 11.0 Å². The molecule has 2 rings (SSSR count). The molecule has 2 aromatic rings. The predicted octanol–water partition coefficient (Wildman–Crippen LogP) is 1.97. The van der Waals surface area contributed by atoms with Crippen molar-refractivity contribution in [3.05, 3.63) is 24.5 Å². The lowest BCUT2D eigenvalue weighted by molar-refractivity contribution is 0.413. The van der Waals surface area contributed by atoms with Gasteiger partial charge in [0.2, 0.25) is 0 Å². The fourth-order valence-corrected chi connectivity index (χ4v) is 1.17. The second-order valence-electron chi connectivity index (χ2n) is 2.77. The molecule has 0 aliphatic heterocycles. The van der Waals surface area contributed by atoms with Crippen molar-refractivity contribution in [3.63, 3.8) is 0 Å². The van der Waals surface area contributed by atoms with Gasteiger partial charge in [-0.05, 0) is 12.8 Å². The first kappa shape index (κ1) is 8.62. The molecule has 0 saturated carbocycles. The maximum absolute atomic E-state index is 5.04. The van der Waals surface area contributed by atoms with E-state index in [4.69, 9.17) is 4.74 Å². The minimum Gasteiger partial charge on any atom is -0.495 e. The lowest BCUT2D eigenvalue weighted by atomic mass is 10.3. The van der Waals surface area contributed by atoms with Crippen molar-refractivity contribution in [1.29, 1.82) is 0 Å². The SMILES string of the molecule is C=Nc1cnc2cc(OC)cnc2c1. The van der Waals surface area contributed by atoms with Crippen molar-refractivity contribution in [1.82, 2.24) is 9.97 Å². The molecule has 0 radical (unpaired) electrons. The zero-order chi connectivity index (χ0) is 9.97. The molecule has 4 nitrogen and oxygen atoms in total. The van der Waals surface area contributed by atoms with Crippen LogP contribution in [0.2, 0.25) is 0 Å². The van der Waals surface area contributed by atoms with Crippen LogP contribution in [0.3, 0.4) is 0 Å². The van der Waals surface area contributed by atoms with E-state index in [9.17, 15) is 0 Å². The van der Waals surface area contributed by atoms with Crippen LogP contribution in [0.15, 0.2) is 29.5 Å². The van der Waals surface area contributed by atoms with Gasteiger partial charge in [-0.3, -0.25) is 15.0 Å². The van der Waals surface area contributed by atoms with E-state index in [-0.39, 0.29) is 0 Å². The van der Waals surface area contributed by atoms with Gasteiger partial charge in [-0.1, -0.05) is 0 Å². The molecule has 0 atom stereocenters. The smallest absolute Gasteiger partial charge is 0.139 e. The standard InChI is InChI=1S/C10H9N3O/c1-11-7-3-9-10(12-5-7)4-8(14-2)6-13-9/h3-6H,1H2,2H3. The fraction of sp³-hybridized carbons (Fsp3) is 0.100. The Balaban J connectivity index is 2.63. The summed E-state index contributed by atoms with van der Waals surface area (Å²) in [5.74, 6) is 0.698. The Kier molecular flexibility index (Phi) is 2.10. The molecule has 0 aromatic carbocycles. The highest BCUT2D eigenvalue weighted by atomic mass is 16.5. The van der Waals surface area contributed by atoms with Gasteiger partial charge in [0.15, 0.2) is 0 Å². The Hall–Kier alpha value is -1.97. The number of fused-ring (bicyclic) bond motifs is 1. The molecule has 0 aliphatic rings. The van der Waals surface area contributed by atoms with E-state index in [0.29, 0.717) is 5.75 Å². The number of aromatic nitrogens is 2. The fourth-order valence-electron chi connectivity index (χ4n) is 1.17. The Morgan fingerprint density at radius 1 is 1.21 bits per heavy atom. The van der Waals surface area contributed by atoms with Crippen LogP contribution in [0.4, 0.5) is 5.69 Å². The third-order valence-electron chi connectivity index (χ3n) is 1.91. The Bertz CT molecular complexity index is 482. The molecule has 0 spiro atoms. The third kappa shape index (κ3) is 1.42. The van der Waals surface area contributed by atoms with Gasteiger partial charge >= 0.3 is 0 Å². The van der Waals surface area contributed by atoms with Gasteiger partial charge in [0, 0.05) is 6.07 Å². The van der Waals surface area contributed by atoms with E-state index in [1.54, 1.807) is 19.5 Å². The van der Waals surface area contributed by atoms with Crippen LogP contribution in [0.5, 0.6) is 5.75 Å². The number of aliphatic imine (C=N–C) groups is 1. The Labute approximate surface area is 81.3 Å². The number of nitrogens with zero attached hydrogens (tertiary/aromatic N) is 3. The van der Waals surface area contributed by atoms with E-state index in [2.05, 4.69) is 21.7 Å². The van der Waals surface area contributed by atoms with Gasteiger partial charge in [-0.25, -0.2) is 0 Å². The van der Waals surface area contributed by atoms with Gasteiger partial charge in [0.1, 0.15) is 5.75 Å². The molecule has 0 fully saturated rings. The summed E-state index contributed by atoms with van der Waals surface area (Å²) in [5, 5.41) is 0.